The van der Waals surface area contributed by atoms with E-state index in [9.17, 15) is 4.79 Å². The number of hydrogen-bond donors (Lipinski definition) is 0. The van der Waals surface area contributed by atoms with Crippen molar-refractivity contribution in [2.75, 3.05) is 4.90 Å². The van der Waals surface area contributed by atoms with Gasteiger partial charge in [-0.25, -0.2) is 9.97 Å². The van der Waals surface area contributed by atoms with Crippen LogP contribution in [-0.4, -0.2) is 26.0 Å². The van der Waals surface area contributed by atoms with Crippen molar-refractivity contribution >= 4 is 11.7 Å². The summed E-state index contributed by atoms with van der Waals surface area (Å²) in [4.78, 5) is 24.3. The first-order chi connectivity index (χ1) is 14.5. The number of benzene rings is 1. The topological polar surface area (TPSA) is 60.2 Å². The molecule has 1 aromatic carbocycles. The summed E-state index contributed by atoms with van der Waals surface area (Å²) in [7, 11) is 0. The molecule has 1 aliphatic carbocycles. The summed E-state index contributed by atoms with van der Waals surface area (Å²) in [6.45, 7) is 4.78. The largest absolute Gasteiger partial charge is 0.487 e. The van der Waals surface area contributed by atoms with Crippen molar-refractivity contribution in [3.8, 4) is 17.3 Å². The first-order valence-corrected chi connectivity index (χ1v) is 10.7. The third-order valence-corrected chi connectivity index (χ3v) is 6.66. The van der Waals surface area contributed by atoms with E-state index < -0.39 is 0 Å². The second-order valence-electron chi connectivity index (χ2n) is 8.96. The zero-order valence-electron chi connectivity index (χ0n) is 17.3. The summed E-state index contributed by atoms with van der Waals surface area (Å²) in [5, 5.41) is 0. The summed E-state index contributed by atoms with van der Waals surface area (Å²) < 4.78 is 8.34. The monoisotopic (exact) mass is 400 g/mol. The Hall–Kier alpha value is -3.15. The first-order valence-electron chi connectivity index (χ1n) is 10.7. The van der Waals surface area contributed by atoms with Gasteiger partial charge in [-0.2, -0.15) is 0 Å². The van der Waals surface area contributed by atoms with Crippen LogP contribution in [0.15, 0.2) is 42.7 Å². The quantitative estimate of drug-likeness (QED) is 0.647. The molecule has 4 heterocycles. The van der Waals surface area contributed by atoms with E-state index in [-0.39, 0.29) is 17.6 Å². The first kappa shape index (κ1) is 17.7. The van der Waals surface area contributed by atoms with Gasteiger partial charge in [0.05, 0.1) is 6.54 Å². The van der Waals surface area contributed by atoms with Crippen LogP contribution in [0.2, 0.25) is 0 Å². The second-order valence-corrected chi connectivity index (χ2v) is 8.96. The molecule has 30 heavy (non-hydrogen) atoms. The number of hydrogen-bond acceptors (Lipinski definition) is 4. The average molecular weight is 400 g/mol. The molecule has 0 N–H and O–H groups in total. The number of amides is 1. The van der Waals surface area contributed by atoms with Crippen molar-refractivity contribution in [3.63, 3.8) is 0 Å². The SMILES string of the molecule is CC(C)n1ccnc1-c1cccc(N2Cc3cc4c(cc3C2=O)OC2(CCC2)C4)n1. The molecule has 0 saturated heterocycles. The van der Waals surface area contributed by atoms with E-state index in [2.05, 4.69) is 29.5 Å². The highest BCUT2D eigenvalue weighted by molar-refractivity contribution is 6.10. The number of anilines is 1. The number of carbonyl (C=O) groups excluding carboxylic acids is 1. The van der Waals surface area contributed by atoms with Crippen LogP contribution in [0.1, 0.15) is 60.6 Å². The van der Waals surface area contributed by atoms with Gasteiger partial charge < -0.3 is 9.30 Å². The van der Waals surface area contributed by atoms with E-state index in [1.807, 2.05) is 30.5 Å². The van der Waals surface area contributed by atoms with E-state index in [1.54, 1.807) is 11.1 Å². The number of ether oxygens (including phenoxy) is 1. The van der Waals surface area contributed by atoms with Crippen LogP contribution in [0.4, 0.5) is 5.82 Å². The van der Waals surface area contributed by atoms with Crippen LogP contribution in [0.3, 0.4) is 0 Å². The Bertz CT molecular complexity index is 1180. The lowest BCUT2D eigenvalue weighted by Crippen LogP contribution is -2.41. The maximum atomic E-state index is 13.2. The van der Waals surface area contributed by atoms with Gasteiger partial charge in [0.25, 0.3) is 5.91 Å². The Labute approximate surface area is 175 Å². The van der Waals surface area contributed by atoms with Crippen molar-refractivity contribution in [2.45, 2.75) is 57.7 Å². The Morgan fingerprint density at radius 1 is 1.17 bits per heavy atom. The van der Waals surface area contributed by atoms with Gasteiger partial charge in [-0.3, -0.25) is 9.69 Å². The molecule has 1 amide bonds. The Morgan fingerprint density at radius 2 is 2.03 bits per heavy atom. The smallest absolute Gasteiger partial charge is 0.260 e. The molecule has 6 nitrogen and oxygen atoms in total. The van der Waals surface area contributed by atoms with Gasteiger partial charge in [0.2, 0.25) is 0 Å². The Morgan fingerprint density at radius 3 is 2.80 bits per heavy atom. The van der Waals surface area contributed by atoms with E-state index in [1.165, 1.54) is 12.0 Å². The highest BCUT2D eigenvalue weighted by Gasteiger charge is 2.45. The molecule has 2 aliphatic heterocycles. The number of carbonyl (C=O) groups is 1. The zero-order valence-corrected chi connectivity index (χ0v) is 17.3. The van der Waals surface area contributed by atoms with Crippen LogP contribution < -0.4 is 9.64 Å². The fraction of sp³-hybridized carbons (Fsp3) is 0.375. The molecule has 1 spiro atoms. The van der Waals surface area contributed by atoms with Crippen molar-refractivity contribution < 1.29 is 9.53 Å². The van der Waals surface area contributed by atoms with Gasteiger partial charge in [0.15, 0.2) is 5.82 Å². The summed E-state index contributed by atoms with van der Waals surface area (Å²) in [5.41, 5.74) is 3.82. The molecule has 1 fully saturated rings. The highest BCUT2D eigenvalue weighted by atomic mass is 16.5. The van der Waals surface area contributed by atoms with Crippen LogP contribution in [0.5, 0.6) is 5.75 Å². The van der Waals surface area contributed by atoms with Crippen molar-refractivity contribution in [2.24, 2.45) is 0 Å². The average Bonchev–Trinajstić information content (AvgIpc) is 3.41. The number of nitrogens with zero attached hydrogens (tertiary/aromatic N) is 4. The molecular weight excluding hydrogens is 376 g/mol. The van der Waals surface area contributed by atoms with Crippen LogP contribution >= 0.6 is 0 Å². The zero-order chi connectivity index (χ0) is 20.5. The minimum Gasteiger partial charge on any atom is -0.487 e. The van der Waals surface area contributed by atoms with E-state index in [4.69, 9.17) is 9.72 Å². The summed E-state index contributed by atoms with van der Waals surface area (Å²) in [5.74, 6) is 2.35. The number of imidazole rings is 1. The highest BCUT2D eigenvalue weighted by Crippen LogP contribution is 2.48. The third-order valence-electron chi connectivity index (χ3n) is 6.66. The number of fused-ring (bicyclic) bond motifs is 2. The molecule has 0 bridgehead atoms. The maximum Gasteiger partial charge on any atom is 0.260 e. The van der Waals surface area contributed by atoms with Crippen LogP contribution in [-0.2, 0) is 13.0 Å². The van der Waals surface area contributed by atoms with Gasteiger partial charge >= 0.3 is 0 Å². The number of aromatic nitrogens is 3. The van der Waals surface area contributed by atoms with Crippen molar-refractivity contribution in [1.29, 1.82) is 0 Å². The van der Waals surface area contributed by atoms with Crippen molar-refractivity contribution in [3.05, 3.63) is 59.4 Å². The molecule has 1 saturated carbocycles. The predicted molar refractivity (Wildman–Crippen MR) is 114 cm³/mol. The van der Waals surface area contributed by atoms with E-state index in [0.717, 1.165) is 47.7 Å². The third kappa shape index (κ3) is 2.52. The lowest BCUT2D eigenvalue weighted by molar-refractivity contribution is 0.0144. The molecule has 6 heteroatoms. The fourth-order valence-electron chi connectivity index (χ4n) is 4.90. The molecule has 3 aromatic rings. The van der Waals surface area contributed by atoms with Crippen LogP contribution in [0.25, 0.3) is 11.5 Å². The van der Waals surface area contributed by atoms with E-state index in [0.29, 0.717) is 12.4 Å². The van der Waals surface area contributed by atoms with Crippen LogP contribution in [0, 0.1) is 0 Å². The Balaban J connectivity index is 1.32. The molecule has 3 aliphatic rings. The number of pyridine rings is 1. The van der Waals surface area contributed by atoms with Gasteiger partial charge in [-0.1, -0.05) is 6.07 Å². The summed E-state index contributed by atoms with van der Waals surface area (Å²) >= 11 is 0. The second kappa shape index (κ2) is 6.17. The molecule has 152 valence electrons. The fourth-order valence-corrected chi connectivity index (χ4v) is 4.90. The van der Waals surface area contributed by atoms with Gasteiger partial charge in [0, 0.05) is 30.4 Å². The standard InChI is InChI=1S/C24H24N4O2/c1-15(2)27-10-9-25-22(27)19-5-3-6-21(26-19)28-14-17-11-16-13-24(7-4-8-24)30-20(16)12-18(17)23(28)29/h3,5-6,9-12,15H,4,7-8,13-14H2,1-2H3. The number of rotatable bonds is 3. The molecule has 0 radical (unpaired) electrons. The minimum atomic E-state index is -0.0113. The van der Waals surface area contributed by atoms with E-state index >= 15 is 0 Å². The van der Waals surface area contributed by atoms with Gasteiger partial charge in [-0.05, 0) is 68.5 Å². The lowest BCUT2D eigenvalue weighted by Gasteiger charge is -2.37. The molecular formula is C24H24N4O2. The molecule has 6 rings (SSSR count). The molecule has 2 aromatic heterocycles. The molecule has 0 unspecified atom stereocenters. The summed E-state index contributed by atoms with van der Waals surface area (Å²) in [6.07, 6.45) is 8.19. The normalized spacial score (nSPS) is 18.5. The lowest BCUT2D eigenvalue weighted by atomic mass is 9.77. The summed E-state index contributed by atoms with van der Waals surface area (Å²) in [6, 6.07) is 10.2. The maximum absolute atomic E-state index is 13.2. The predicted octanol–water partition coefficient (Wildman–Crippen LogP) is 4.54. The Kier molecular flexibility index (Phi) is 3.64. The minimum absolute atomic E-state index is 0.00831. The van der Waals surface area contributed by atoms with Gasteiger partial charge in [0.1, 0.15) is 22.9 Å². The van der Waals surface area contributed by atoms with Crippen molar-refractivity contribution in [1.82, 2.24) is 14.5 Å². The van der Waals surface area contributed by atoms with Gasteiger partial charge in [-0.15, -0.1) is 0 Å². The molecule has 0 atom stereocenters.